The molecule has 0 amide bonds. The smallest absolute Gasteiger partial charge is 0.267 e. The van der Waals surface area contributed by atoms with Crippen molar-refractivity contribution in [1.29, 1.82) is 0 Å². The molecule has 4 N–H and O–H groups in total. The average Bonchev–Trinajstić information content (AvgIpc) is 1.64. The second-order valence-electron chi connectivity index (χ2n) is 1.74. The minimum Gasteiger partial charge on any atom is -0.337 e. The Hall–Kier alpha value is 0.270. The van der Waals surface area contributed by atoms with Crippen molar-refractivity contribution < 1.29 is 9.79 Å². The number of nitrogens with zero attached hydrogens (tertiary/aromatic N) is 1. The van der Waals surface area contributed by atoms with E-state index in [0.717, 1.165) is 4.78 Å². The summed E-state index contributed by atoms with van der Waals surface area (Å²) in [5.41, 5.74) is 0. The molecule has 0 fully saturated rings. The number of hydrazine groups is 1. The monoisotopic (exact) mass is 138 g/mol. The molecule has 50 valence electrons. The number of hydrogen-bond acceptors (Lipinski definition) is 4. The van der Waals surface area contributed by atoms with Crippen molar-refractivity contribution in [1.82, 2.24) is 4.78 Å². The fraction of sp³-hybridized carbons (Fsp3) is 1.00. The van der Waals surface area contributed by atoms with Crippen LogP contribution in [0.5, 0.6) is 0 Å². The van der Waals surface area contributed by atoms with Crippen molar-refractivity contribution in [3.63, 3.8) is 0 Å². The van der Waals surface area contributed by atoms with E-state index in [2.05, 4.69) is 0 Å². The highest BCUT2D eigenvalue weighted by atomic mass is 31.2. The molecule has 0 bridgehead atoms. The first-order valence-corrected chi connectivity index (χ1v) is 3.47. The summed E-state index contributed by atoms with van der Waals surface area (Å²) < 4.78 is 1.01. The maximum absolute atomic E-state index is 8.41. The van der Waals surface area contributed by atoms with Gasteiger partial charge in [0.1, 0.15) is 0 Å². The molecule has 8 heavy (non-hydrogen) atoms. The second kappa shape index (κ2) is 3.33. The zero-order valence-corrected chi connectivity index (χ0v) is 5.84. The zero-order chi connectivity index (χ0) is 6.73. The van der Waals surface area contributed by atoms with Gasteiger partial charge in [-0.2, -0.15) is 4.78 Å². The molecule has 0 saturated carbocycles. The zero-order valence-electron chi connectivity index (χ0n) is 4.94. The van der Waals surface area contributed by atoms with E-state index in [0.29, 0.717) is 0 Å². The molecular weight excluding hydrogens is 127 g/mol. The Balaban J connectivity index is 3.46. The highest BCUT2D eigenvalue weighted by Gasteiger charge is 2.11. The fourth-order valence-corrected chi connectivity index (χ4v) is 0.620. The first-order valence-electron chi connectivity index (χ1n) is 2.27. The number of hydrogen-bond donors (Lipinski definition) is 3. The quantitative estimate of drug-likeness (QED) is 0.280. The standard InChI is InChI=1S/C3H11N2O2P/c1-3(2)5(4)8(6)7/h3,6-7H,4H2,1-2H3. The topological polar surface area (TPSA) is 69.7 Å². The van der Waals surface area contributed by atoms with Crippen LogP contribution in [0.4, 0.5) is 0 Å². The fourth-order valence-electron chi connectivity index (χ4n) is 0.207. The molecule has 0 aliphatic heterocycles. The van der Waals surface area contributed by atoms with E-state index in [1.54, 1.807) is 13.8 Å². The van der Waals surface area contributed by atoms with Gasteiger partial charge in [0.15, 0.2) is 0 Å². The molecule has 5 heteroatoms. The Kier molecular flexibility index (Phi) is 3.44. The predicted octanol–water partition coefficient (Wildman–Crippen LogP) is -0.218. The number of rotatable bonds is 2. The van der Waals surface area contributed by atoms with Crippen LogP contribution < -0.4 is 5.84 Å². The molecular formula is C3H11N2O2P. The lowest BCUT2D eigenvalue weighted by Crippen LogP contribution is -2.32. The Labute approximate surface area is 49.9 Å². The molecule has 4 nitrogen and oxygen atoms in total. The van der Waals surface area contributed by atoms with E-state index in [9.17, 15) is 0 Å². The molecule has 0 rings (SSSR count). The summed E-state index contributed by atoms with van der Waals surface area (Å²) in [5.74, 6) is 5.12. The van der Waals surface area contributed by atoms with Gasteiger partial charge < -0.3 is 9.79 Å². The van der Waals surface area contributed by atoms with Crippen LogP contribution >= 0.6 is 8.53 Å². The maximum atomic E-state index is 8.41. The van der Waals surface area contributed by atoms with Crippen LogP contribution in [-0.2, 0) is 0 Å². The summed E-state index contributed by atoms with van der Waals surface area (Å²) in [6.45, 7) is 3.56. The van der Waals surface area contributed by atoms with E-state index >= 15 is 0 Å². The summed E-state index contributed by atoms with van der Waals surface area (Å²) in [6.07, 6.45) is 0. The van der Waals surface area contributed by atoms with Crippen molar-refractivity contribution >= 4 is 8.53 Å². The number of nitrogens with two attached hydrogens (primary N) is 1. The van der Waals surface area contributed by atoms with Gasteiger partial charge in [0, 0.05) is 6.04 Å². The third-order valence-corrected chi connectivity index (χ3v) is 1.61. The van der Waals surface area contributed by atoms with Crippen molar-refractivity contribution in [2.75, 3.05) is 0 Å². The highest BCUT2D eigenvalue weighted by Crippen LogP contribution is 2.27. The summed E-state index contributed by atoms with van der Waals surface area (Å²) in [5, 5.41) is 0. The summed E-state index contributed by atoms with van der Waals surface area (Å²) in [4.78, 5) is 16.8. The Morgan fingerprint density at radius 3 is 1.88 bits per heavy atom. The first-order chi connectivity index (χ1) is 3.55. The largest absolute Gasteiger partial charge is 0.337 e. The third kappa shape index (κ3) is 2.55. The van der Waals surface area contributed by atoms with Gasteiger partial charge in [-0.15, -0.1) is 0 Å². The van der Waals surface area contributed by atoms with Crippen molar-refractivity contribution in [2.24, 2.45) is 5.84 Å². The van der Waals surface area contributed by atoms with Crippen molar-refractivity contribution in [3.05, 3.63) is 0 Å². The molecule has 0 heterocycles. The third-order valence-electron chi connectivity index (χ3n) is 0.736. The van der Waals surface area contributed by atoms with Gasteiger partial charge in [-0.1, -0.05) is 0 Å². The van der Waals surface area contributed by atoms with Gasteiger partial charge in [0.25, 0.3) is 8.53 Å². The van der Waals surface area contributed by atoms with E-state index in [4.69, 9.17) is 15.6 Å². The van der Waals surface area contributed by atoms with Gasteiger partial charge >= 0.3 is 0 Å². The minimum atomic E-state index is -2.09. The van der Waals surface area contributed by atoms with Gasteiger partial charge in [-0.25, -0.2) is 0 Å². The van der Waals surface area contributed by atoms with Gasteiger partial charge in [0.05, 0.1) is 0 Å². The van der Waals surface area contributed by atoms with Crippen LogP contribution in [0.2, 0.25) is 0 Å². The van der Waals surface area contributed by atoms with Crippen LogP contribution in [0, 0.1) is 0 Å². The molecule has 0 aromatic heterocycles. The van der Waals surface area contributed by atoms with E-state index in [1.165, 1.54) is 0 Å². The molecule has 0 aromatic rings. The van der Waals surface area contributed by atoms with Crippen LogP contribution in [0.1, 0.15) is 13.8 Å². The first kappa shape index (κ1) is 8.27. The van der Waals surface area contributed by atoms with E-state index in [-0.39, 0.29) is 6.04 Å². The lowest BCUT2D eigenvalue weighted by molar-refractivity contribution is 0.307. The van der Waals surface area contributed by atoms with Crippen molar-refractivity contribution in [3.8, 4) is 0 Å². The molecule has 0 saturated heterocycles. The molecule has 0 spiro atoms. The predicted molar refractivity (Wildman–Crippen MR) is 32.5 cm³/mol. The minimum absolute atomic E-state index is 0.0175. The van der Waals surface area contributed by atoms with Gasteiger partial charge in [-0.05, 0) is 13.8 Å². The Morgan fingerprint density at radius 2 is 1.88 bits per heavy atom. The summed E-state index contributed by atoms with van der Waals surface area (Å²) in [6, 6.07) is -0.0175. The van der Waals surface area contributed by atoms with Crippen LogP contribution in [-0.4, -0.2) is 20.6 Å². The lowest BCUT2D eigenvalue weighted by atomic mass is 10.4. The lowest BCUT2D eigenvalue weighted by Gasteiger charge is -2.19. The molecule has 0 unspecified atom stereocenters. The van der Waals surface area contributed by atoms with Gasteiger partial charge in [0.2, 0.25) is 0 Å². The summed E-state index contributed by atoms with van der Waals surface area (Å²) >= 11 is 0. The molecule has 0 aliphatic carbocycles. The van der Waals surface area contributed by atoms with Crippen molar-refractivity contribution in [2.45, 2.75) is 19.9 Å². The highest BCUT2D eigenvalue weighted by molar-refractivity contribution is 7.42. The van der Waals surface area contributed by atoms with E-state index < -0.39 is 8.53 Å². The van der Waals surface area contributed by atoms with Crippen LogP contribution in [0.3, 0.4) is 0 Å². The molecule has 0 radical (unpaired) electrons. The molecule has 0 atom stereocenters. The summed E-state index contributed by atoms with van der Waals surface area (Å²) in [7, 11) is -2.09. The SMILES string of the molecule is CC(C)N(N)P(O)O. The maximum Gasteiger partial charge on any atom is 0.267 e. The van der Waals surface area contributed by atoms with Gasteiger partial charge in [-0.3, -0.25) is 5.84 Å². The Morgan fingerprint density at radius 1 is 1.50 bits per heavy atom. The second-order valence-corrected chi connectivity index (χ2v) is 2.74. The molecule has 0 aromatic carbocycles. The normalized spacial score (nSPS) is 12.0. The van der Waals surface area contributed by atoms with E-state index in [1.807, 2.05) is 0 Å². The average molecular weight is 138 g/mol. The molecule has 0 aliphatic rings. The Bertz CT molecular complexity index is 60.3. The van der Waals surface area contributed by atoms with Crippen LogP contribution in [0.25, 0.3) is 0 Å². The van der Waals surface area contributed by atoms with Crippen LogP contribution in [0.15, 0.2) is 0 Å².